The molecule has 1 amide bonds. The highest BCUT2D eigenvalue weighted by Crippen LogP contribution is 2.17. The summed E-state index contributed by atoms with van der Waals surface area (Å²) >= 11 is 0. The second-order valence-electron chi connectivity index (χ2n) is 5.13. The molecule has 0 atom stereocenters. The number of methoxy groups -OCH3 is 1. The van der Waals surface area contributed by atoms with Crippen molar-refractivity contribution in [2.75, 3.05) is 20.3 Å². The molecule has 6 nitrogen and oxygen atoms in total. The van der Waals surface area contributed by atoms with Crippen molar-refractivity contribution in [3.05, 3.63) is 54.1 Å². The van der Waals surface area contributed by atoms with E-state index >= 15 is 0 Å². The van der Waals surface area contributed by atoms with Crippen molar-refractivity contribution in [2.24, 2.45) is 0 Å². The van der Waals surface area contributed by atoms with E-state index in [0.29, 0.717) is 25.5 Å². The average Bonchev–Trinajstić information content (AvgIpc) is 2.65. The Hall–Kier alpha value is -3.20. The van der Waals surface area contributed by atoms with Gasteiger partial charge in [0.2, 0.25) is 5.91 Å². The lowest BCUT2D eigenvalue weighted by Crippen LogP contribution is -2.21. The van der Waals surface area contributed by atoms with E-state index < -0.39 is 0 Å². The van der Waals surface area contributed by atoms with Crippen molar-refractivity contribution in [1.82, 2.24) is 5.32 Å². The minimum Gasteiger partial charge on any atom is -0.497 e. The number of nitrogens with zero attached hydrogens (tertiary/aromatic N) is 1. The topological polar surface area (TPSA) is 80.6 Å². The van der Waals surface area contributed by atoms with Gasteiger partial charge in [-0.1, -0.05) is 12.1 Å². The average molecular weight is 340 g/mol. The Morgan fingerprint density at radius 1 is 1.04 bits per heavy atom. The molecule has 0 aromatic heterocycles. The Morgan fingerprint density at radius 3 is 2.40 bits per heavy atom. The highest BCUT2D eigenvalue weighted by Gasteiger charge is 2.02. The number of hydrogen-bond acceptors (Lipinski definition) is 5. The van der Waals surface area contributed by atoms with Gasteiger partial charge in [0.25, 0.3) is 0 Å². The summed E-state index contributed by atoms with van der Waals surface area (Å²) in [4.78, 5) is 11.3. The summed E-state index contributed by atoms with van der Waals surface area (Å²) in [5.41, 5.74) is 0.903. The lowest BCUT2D eigenvalue weighted by atomic mass is 10.2. The molecule has 0 radical (unpaired) electrons. The molecule has 1 N–H and O–H groups in total. The first-order valence-corrected chi connectivity index (χ1v) is 7.83. The second-order valence-corrected chi connectivity index (χ2v) is 5.13. The molecule has 0 unspecified atom stereocenters. The van der Waals surface area contributed by atoms with Crippen LogP contribution in [-0.2, 0) is 11.3 Å². The number of amides is 1. The minimum absolute atomic E-state index is 0.140. The number of nitrogens with one attached hydrogen (secondary N) is 1. The van der Waals surface area contributed by atoms with Crippen molar-refractivity contribution in [3.8, 4) is 23.3 Å². The smallest absolute Gasteiger partial charge is 0.234 e. The predicted molar refractivity (Wildman–Crippen MR) is 92.5 cm³/mol. The van der Waals surface area contributed by atoms with Crippen LogP contribution in [0.2, 0.25) is 0 Å². The second kappa shape index (κ2) is 9.83. The maximum atomic E-state index is 11.3. The molecule has 2 aromatic rings. The van der Waals surface area contributed by atoms with Gasteiger partial charge in [0.15, 0.2) is 0 Å². The molecule has 0 saturated carbocycles. The molecule has 0 spiro atoms. The molecule has 0 saturated heterocycles. The number of nitriles is 1. The fourth-order valence-electron chi connectivity index (χ4n) is 2.07. The number of carbonyl (C=O) groups excluding carboxylic acids is 1. The summed E-state index contributed by atoms with van der Waals surface area (Å²) in [6, 6.07) is 16.6. The van der Waals surface area contributed by atoms with E-state index in [1.165, 1.54) is 0 Å². The number of ether oxygens (including phenoxy) is 3. The molecular formula is C19H20N2O4. The van der Waals surface area contributed by atoms with Gasteiger partial charge in [-0.3, -0.25) is 4.79 Å². The van der Waals surface area contributed by atoms with Crippen LogP contribution >= 0.6 is 0 Å². The zero-order chi connectivity index (χ0) is 17.9. The highest BCUT2D eigenvalue weighted by atomic mass is 16.5. The van der Waals surface area contributed by atoms with E-state index in [4.69, 9.17) is 19.5 Å². The van der Waals surface area contributed by atoms with Gasteiger partial charge < -0.3 is 19.5 Å². The number of carbonyl (C=O) groups is 1. The summed E-state index contributed by atoms with van der Waals surface area (Å²) in [6.07, 6.45) is -0.140. The Balaban J connectivity index is 1.74. The van der Waals surface area contributed by atoms with Crippen molar-refractivity contribution in [1.29, 1.82) is 5.26 Å². The van der Waals surface area contributed by atoms with Crippen molar-refractivity contribution in [3.63, 3.8) is 0 Å². The Morgan fingerprint density at radius 2 is 1.72 bits per heavy atom. The number of rotatable bonds is 9. The van der Waals surface area contributed by atoms with E-state index in [1.807, 2.05) is 54.6 Å². The zero-order valence-electron chi connectivity index (χ0n) is 14.0. The Bertz CT molecular complexity index is 723. The summed E-state index contributed by atoms with van der Waals surface area (Å²) in [6.45, 7) is 1.17. The predicted octanol–water partition coefficient (Wildman–Crippen LogP) is 2.68. The largest absolute Gasteiger partial charge is 0.497 e. The SMILES string of the molecule is COc1ccc(OCCOc2cccc(CNC(=O)CC#N)c2)cc1. The van der Waals surface area contributed by atoms with Crippen LogP contribution in [0.5, 0.6) is 17.2 Å². The van der Waals surface area contributed by atoms with E-state index in [-0.39, 0.29) is 12.3 Å². The summed E-state index contributed by atoms with van der Waals surface area (Å²) in [7, 11) is 1.62. The van der Waals surface area contributed by atoms with Crippen LogP contribution in [0, 0.1) is 11.3 Å². The molecule has 130 valence electrons. The van der Waals surface area contributed by atoms with Crippen LogP contribution in [0.25, 0.3) is 0 Å². The molecule has 0 heterocycles. The van der Waals surface area contributed by atoms with Gasteiger partial charge in [-0.15, -0.1) is 0 Å². The molecule has 2 rings (SSSR count). The van der Waals surface area contributed by atoms with Gasteiger partial charge in [-0.05, 0) is 42.0 Å². The van der Waals surface area contributed by atoms with Crippen LogP contribution in [0.1, 0.15) is 12.0 Å². The molecular weight excluding hydrogens is 320 g/mol. The van der Waals surface area contributed by atoms with Crippen LogP contribution in [-0.4, -0.2) is 26.2 Å². The van der Waals surface area contributed by atoms with E-state index in [2.05, 4.69) is 5.32 Å². The zero-order valence-corrected chi connectivity index (χ0v) is 14.0. The maximum Gasteiger partial charge on any atom is 0.234 e. The van der Waals surface area contributed by atoms with E-state index in [1.54, 1.807) is 7.11 Å². The van der Waals surface area contributed by atoms with Gasteiger partial charge in [-0.25, -0.2) is 0 Å². The molecule has 0 aliphatic rings. The number of hydrogen-bond donors (Lipinski definition) is 1. The van der Waals surface area contributed by atoms with E-state index in [0.717, 1.165) is 17.1 Å². The summed E-state index contributed by atoms with van der Waals surface area (Å²) < 4.78 is 16.3. The monoisotopic (exact) mass is 340 g/mol. The van der Waals surface area contributed by atoms with E-state index in [9.17, 15) is 4.79 Å². The summed E-state index contributed by atoms with van der Waals surface area (Å²) in [5.74, 6) is 1.94. The lowest BCUT2D eigenvalue weighted by molar-refractivity contribution is -0.120. The molecule has 0 aliphatic carbocycles. The van der Waals surface area contributed by atoms with Gasteiger partial charge in [-0.2, -0.15) is 5.26 Å². The molecule has 0 bridgehead atoms. The molecule has 0 fully saturated rings. The third kappa shape index (κ3) is 6.43. The summed E-state index contributed by atoms with van der Waals surface area (Å²) in [5, 5.41) is 11.1. The number of benzene rings is 2. The minimum atomic E-state index is -0.290. The van der Waals surface area contributed by atoms with Gasteiger partial charge >= 0.3 is 0 Å². The first-order valence-electron chi connectivity index (χ1n) is 7.83. The third-order valence-electron chi connectivity index (χ3n) is 3.31. The molecule has 25 heavy (non-hydrogen) atoms. The molecule has 0 aliphatic heterocycles. The first kappa shape index (κ1) is 18.1. The first-order chi connectivity index (χ1) is 12.2. The normalized spacial score (nSPS) is 9.76. The van der Waals surface area contributed by atoms with Crippen molar-refractivity contribution < 1.29 is 19.0 Å². The standard InChI is InChI=1S/C19H20N2O4/c1-23-16-5-7-17(8-6-16)24-11-12-25-18-4-2-3-15(13-18)14-21-19(22)9-10-20/h2-8,13H,9,11-12,14H2,1H3,(H,21,22). The molecule has 6 heteroatoms. The maximum absolute atomic E-state index is 11.3. The fourth-order valence-corrected chi connectivity index (χ4v) is 2.07. The van der Waals surface area contributed by atoms with Gasteiger partial charge in [0.05, 0.1) is 13.2 Å². The van der Waals surface area contributed by atoms with Gasteiger partial charge in [0.1, 0.15) is 36.9 Å². The Labute approximate surface area is 146 Å². The van der Waals surface area contributed by atoms with Crippen molar-refractivity contribution >= 4 is 5.91 Å². The fraction of sp³-hybridized carbons (Fsp3) is 0.263. The van der Waals surface area contributed by atoms with Crippen LogP contribution < -0.4 is 19.5 Å². The quantitative estimate of drug-likeness (QED) is 0.710. The van der Waals surface area contributed by atoms with Crippen molar-refractivity contribution in [2.45, 2.75) is 13.0 Å². The molecule has 2 aromatic carbocycles. The Kier molecular flexibility index (Phi) is 7.13. The third-order valence-corrected chi connectivity index (χ3v) is 3.31. The lowest BCUT2D eigenvalue weighted by Gasteiger charge is -2.10. The van der Waals surface area contributed by atoms with Crippen LogP contribution in [0.15, 0.2) is 48.5 Å². The van der Waals surface area contributed by atoms with Crippen LogP contribution in [0.3, 0.4) is 0 Å². The van der Waals surface area contributed by atoms with Gasteiger partial charge in [0, 0.05) is 6.54 Å². The van der Waals surface area contributed by atoms with Crippen LogP contribution in [0.4, 0.5) is 0 Å². The highest BCUT2D eigenvalue weighted by molar-refractivity contribution is 5.77.